The number of hydrogen-bond donors (Lipinski definition) is 0. The van der Waals surface area contributed by atoms with Crippen LogP contribution < -0.4 is 9.54 Å². The Morgan fingerprint density at radius 1 is 1.48 bits per heavy atom. The summed E-state index contributed by atoms with van der Waals surface area (Å²) < 4.78 is 13.4. The number of terminal acetylenes is 1. The molecule has 0 aliphatic heterocycles. The molecule has 0 aliphatic rings. The number of hydrogen-bond acceptors (Lipinski definition) is 4. The minimum atomic E-state index is -0.433. The second-order valence-corrected chi connectivity index (χ2v) is 5.64. The van der Waals surface area contributed by atoms with Gasteiger partial charge >= 0.3 is 5.91 Å². The molecule has 23 heavy (non-hydrogen) atoms. The highest BCUT2D eigenvalue weighted by Crippen LogP contribution is 2.23. The van der Waals surface area contributed by atoms with Crippen molar-refractivity contribution >= 4 is 27.5 Å². The zero-order valence-corrected chi connectivity index (χ0v) is 13.3. The monoisotopic (exact) mass is 326 g/mol. The molecular weight excluding hydrogens is 312 g/mol. The lowest BCUT2D eigenvalue weighted by Gasteiger charge is -2.03. The third-order valence-electron chi connectivity index (χ3n) is 3.14. The van der Waals surface area contributed by atoms with Crippen LogP contribution in [0, 0.1) is 12.3 Å². The van der Waals surface area contributed by atoms with E-state index in [2.05, 4.69) is 10.9 Å². The molecule has 0 fully saturated rings. The predicted molar refractivity (Wildman–Crippen MR) is 88.4 cm³/mol. The third-order valence-corrected chi connectivity index (χ3v) is 4.18. The summed E-state index contributed by atoms with van der Waals surface area (Å²) in [6.07, 6.45) is 6.89. The Morgan fingerprint density at radius 3 is 3.04 bits per heavy atom. The van der Waals surface area contributed by atoms with Gasteiger partial charge in [-0.3, -0.25) is 4.79 Å². The molecule has 3 aromatic rings. The maximum atomic E-state index is 12.1. The summed E-state index contributed by atoms with van der Waals surface area (Å²) in [5.41, 5.74) is 0.919. The standard InChI is InChI=1S/C17H14N2O3S/c1-3-9-19-13-8-7-12(21-4-2)11-15(13)23-17(19)18-16(20)14-6-5-10-22-14/h1,5-8,10-11H,4,9H2,2H3. The first-order chi connectivity index (χ1) is 11.2. The van der Waals surface area contributed by atoms with E-state index in [0.29, 0.717) is 18.0 Å². The molecule has 0 unspecified atom stereocenters. The lowest BCUT2D eigenvalue weighted by atomic mass is 10.3. The van der Waals surface area contributed by atoms with E-state index >= 15 is 0 Å². The van der Waals surface area contributed by atoms with Crippen LogP contribution in [0.5, 0.6) is 5.75 Å². The summed E-state index contributed by atoms with van der Waals surface area (Å²) >= 11 is 1.39. The fourth-order valence-corrected chi connectivity index (χ4v) is 3.24. The first-order valence-electron chi connectivity index (χ1n) is 7.05. The van der Waals surface area contributed by atoms with Gasteiger partial charge in [0.05, 0.1) is 29.6 Å². The van der Waals surface area contributed by atoms with Crippen molar-refractivity contribution in [1.29, 1.82) is 0 Å². The Kier molecular flexibility index (Phi) is 4.31. The zero-order valence-electron chi connectivity index (χ0n) is 12.5. The lowest BCUT2D eigenvalue weighted by molar-refractivity contribution is 0.0971. The van der Waals surface area contributed by atoms with E-state index in [1.165, 1.54) is 17.6 Å². The smallest absolute Gasteiger partial charge is 0.315 e. The number of fused-ring (bicyclic) bond motifs is 1. The van der Waals surface area contributed by atoms with Crippen LogP contribution in [-0.4, -0.2) is 17.1 Å². The van der Waals surface area contributed by atoms with Crippen LogP contribution in [-0.2, 0) is 6.54 Å². The first-order valence-corrected chi connectivity index (χ1v) is 7.86. The molecule has 2 aromatic heterocycles. The van der Waals surface area contributed by atoms with E-state index in [1.54, 1.807) is 12.1 Å². The molecular formula is C17H14N2O3S. The van der Waals surface area contributed by atoms with Gasteiger partial charge in [0.15, 0.2) is 10.6 Å². The predicted octanol–water partition coefficient (Wildman–Crippen LogP) is 3.07. The summed E-state index contributed by atoms with van der Waals surface area (Å²) in [6, 6.07) is 8.95. The van der Waals surface area contributed by atoms with Crippen molar-refractivity contribution in [3.05, 3.63) is 47.2 Å². The minimum absolute atomic E-state index is 0.199. The second-order valence-electron chi connectivity index (χ2n) is 4.63. The average Bonchev–Trinajstić information content (AvgIpc) is 3.17. The molecule has 116 valence electrons. The summed E-state index contributed by atoms with van der Waals surface area (Å²) in [7, 11) is 0. The first kappa shape index (κ1) is 15.1. The van der Waals surface area contributed by atoms with E-state index in [1.807, 2.05) is 29.7 Å². The van der Waals surface area contributed by atoms with Crippen molar-refractivity contribution in [2.75, 3.05) is 6.61 Å². The van der Waals surface area contributed by atoms with Crippen LogP contribution in [0.25, 0.3) is 10.2 Å². The molecule has 0 saturated heterocycles. The SMILES string of the molecule is C#CCn1c(=NC(=O)c2ccco2)sc2cc(OCC)ccc21. The normalized spacial score (nSPS) is 11.6. The molecule has 1 aromatic carbocycles. The van der Waals surface area contributed by atoms with Crippen LogP contribution in [0.3, 0.4) is 0 Å². The Labute approximate surface area is 136 Å². The van der Waals surface area contributed by atoms with Crippen molar-refractivity contribution < 1.29 is 13.9 Å². The number of rotatable bonds is 4. The minimum Gasteiger partial charge on any atom is -0.494 e. The van der Waals surface area contributed by atoms with Gasteiger partial charge in [-0.1, -0.05) is 17.3 Å². The van der Waals surface area contributed by atoms with Gasteiger partial charge in [-0.05, 0) is 37.3 Å². The van der Waals surface area contributed by atoms with Gasteiger partial charge in [-0.25, -0.2) is 0 Å². The van der Waals surface area contributed by atoms with Crippen molar-refractivity contribution in [2.24, 2.45) is 4.99 Å². The Morgan fingerprint density at radius 2 is 2.35 bits per heavy atom. The van der Waals surface area contributed by atoms with Crippen LogP contribution >= 0.6 is 11.3 Å². The molecule has 1 amide bonds. The number of aromatic nitrogens is 1. The van der Waals surface area contributed by atoms with Gasteiger partial charge in [0.25, 0.3) is 0 Å². The van der Waals surface area contributed by atoms with Gasteiger partial charge in [0, 0.05) is 0 Å². The van der Waals surface area contributed by atoms with Crippen molar-refractivity contribution in [3.63, 3.8) is 0 Å². The Hall–Kier alpha value is -2.78. The quantitative estimate of drug-likeness (QED) is 0.692. The van der Waals surface area contributed by atoms with Gasteiger partial charge in [0.1, 0.15) is 5.75 Å². The highest BCUT2D eigenvalue weighted by Gasteiger charge is 2.11. The molecule has 0 radical (unpaired) electrons. The molecule has 6 heteroatoms. The van der Waals surface area contributed by atoms with Gasteiger partial charge in [-0.15, -0.1) is 6.42 Å². The zero-order chi connectivity index (χ0) is 16.2. The van der Waals surface area contributed by atoms with Gasteiger partial charge < -0.3 is 13.7 Å². The van der Waals surface area contributed by atoms with Crippen LogP contribution in [0.2, 0.25) is 0 Å². The molecule has 0 aliphatic carbocycles. The van der Waals surface area contributed by atoms with Crippen molar-refractivity contribution in [3.8, 4) is 18.1 Å². The van der Waals surface area contributed by atoms with Crippen LogP contribution in [0.4, 0.5) is 0 Å². The van der Waals surface area contributed by atoms with Gasteiger partial charge in [0.2, 0.25) is 0 Å². The molecule has 2 heterocycles. The Balaban J connectivity index is 2.13. The number of nitrogens with zero attached hydrogens (tertiary/aromatic N) is 2. The topological polar surface area (TPSA) is 56.7 Å². The summed E-state index contributed by atoms with van der Waals surface area (Å²) in [6.45, 7) is 2.85. The summed E-state index contributed by atoms with van der Waals surface area (Å²) in [5.74, 6) is 3.14. The van der Waals surface area contributed by atoms with E-state index in [4.69, 9.17) is 15.6 Å². The van der Waals surface area contributed by atoms with Crippen molar-refractivity contribution in [2.45, 2.75) is 13.5 Å². The summed E-state index contributed by atoms with van der Waals surface area (Å²) in [5, 5.41) is 0. The average molecular weight is 326 g/mol. The second kappa shape index (κ2) is 6.55. The van der Waals surface area contributed by atoms with E-state index < -0.39 is 5.91 Å². The molecule has 0 atom stereocenters. The van der Waals surface area contributed by atoms with E-state index in [9.17, 15) is 4.79 Å². The van der Waals surface area contributed by atoms with E-state index in [-0.39, 0.29) is 5.76 Å². The fourth-order valence-electron chi connectivity index (χ4n) is 2.18. The maximum Gasteiger partial charge on any atom is 0.315 e. The lowest BCUT2D eigenvalue weighted by Crippen LogP contribution is -2.16. The maximum absolute atomic E-state index is 12.1. The number of carbonyl (C=O) groups excluding carboxylic acids is 1. The number of carbonyl (C=O) groups is 1. The Bertz CT molecular complexity index is 943. The third kappa shape index (κ3) is 3.05. The number of furan rings is 1. The summed E-state index contributed by atoms with van der Waals surface area (Å²) in [4.78, 5) is 16.8. The fraction of sp³-hybridized carbons (Fsp3) is 0.176. The molecule has 0 saturated carbocycles. The molecule has 3 rings (SSSR count). The highest BCUT2D eigenvalue weighted by molar-refractivity contribution is 7.16. The molecule has 0 bridgehead atoms. The highest BCUT2D eigenvalue weighted by atomic mass is 32.1. The largest absolute Gasteiger partial charge is 0.494 e. The van der Waals surface area contributed by atoms with Gasteiger partial charge in [-0.2, -0.15) is 4.99 Å². The van der Waals surface area contributed by atoms with E-state index in [0.717, 1.165) is 16.0 Å². The number of amides is 1. The molecule has 0 N–H and O–H groups in total. The van der Waals surface area contributed by atoms with Crippen molar-refractivity contribution in [1.82, 2.24) is 4.57 Å². The molecule has 5 nitrogen and oxygen atoms in total. The number of benzene rings is 1. The molecule has 0 spiro atoms. The van der Waals surface area contributed by atoms with Crippen LogP contribution in [0.1, 0.15) is 17.5 Å². The number of ether oxygens (including phenoxy) is 1. The van der Waals surface area contributed by atoms with Crippen LogP contribution in [0.15, 0.2) is 46.0 Å². The number of thiazole rings is 1.